The molecule has 0 unspecified atom stereocenters. The predicted octanol–water partition coefficient (Wildman–Crippen LogP) is 1.89. The van der Waals surface area contributed by atoms with Crippen molar-refractivity contribution in [3.05, 3.63) is 24.3 Å². The van der Waals surface area contributed by atoms with Crippen LogP contribution in [0.5, 0.6) is 0 Å². The maximum atomic E-state index is 5.73. The quantitative estimate of drug-likeness (QED) is 0.604. The van der Waals surface area contributed by atoms with Crippen LogP contribution in [0, 0.1) is 0 Å². The molecule has 0 fully saturated rings. The Kier molecular flexibility index (Phi) is 4.17. The van der Waals surface area contributed by atoms with Crippen molar-refractivity contribution in [1.29, 1.82) is 0 Å². The zero-order valence-electron chi connectivity index (χ0n) is 10.4. The van der Waals surface area contributed by atoms with Gasteiger partial charge in [-0.2, -0.15) is 0 Å². The third-order valence-electron chi connectivity index (χ3n) is 2.05. The highest BCUT2D eigenvalue weighted by Gasteiger charge is 1.98. The van der Waals surface area contributed by atoms with E-state index in [1.54, 1.807) is 0 Å². The van der Waals surface area contributed by atoms with Crippen molar-refractivity contribution in [2.75, 3.05) is 24.3 Å². The number of aliphatic imine (C=N–C) groups is 1. The molecular formula is C12H20N4. The first kappa shape index (κ1) is 12.4. The van der Waals surface area contributed by atoms with Crippen molar-refractivity contribution < 1.29 is 0 Å². The van der Waals surface area contributed by atoms with E-state index in [0.29, 0.717) is 5.96 Å². The number of benzene rings is 1. The summed E-state index contributed by atoms with van der Waals surface area (Å²) in [7, 11) is 4.02. The monoisotopic (exact) mass is 220 g/mol. The van der Waals surface area contributed by atoms with E-state index in [-0.39, 0.29) is 6.04 Å². The van der Waals surface area contributed by atoms with Crippen molar-refractivity contribution in [3.63, 3.8) is 0 Å². The topological polar surface area (TPSA) is 53.6 Å². The van der Waals surface area contributed by atoms with Crippen LogP contribution in [-0.4, -0.2) is 26.1 Å². The van der Waals surface area contributed by atoms with Gasteiger partial charge in [0.2, 0.25) is 0 Å². The minimum Gasteiger partial charge on any atom is -0.378 e. The molecule has 0 saturated carbocycles. The molecule has 4 nitrogen and oxygen atoms in total. The first-order valence-corrected chi connectivity index (χ1v) is 5.36. The maximum absolute atomic E-state index is 5.73. The van der Waals surface area contributed by atoms with Gasteiger partial charge >= 0.3 is 0 Å². The molecule has 0 bridgehead atoms. The van der Waals surface area contributed by atoms with Gasteiger partial charge < -0.3 is 16.0 Å². The highest BCUT2D eigenvalue weighted by atomic mass is 15.1. The molecule has 1 rings (SSSR count). The van der Waals surface area contributed by atoms with Gasteiger partial charge in [-0.25, -0.2) is 0 Å². The summed E-state index contributed by atoms with van der Waals surface area (Å²) in [5.74, 6) is 0.451. The molecule has 0 aliphatic heterocycles. The molecule has 0 aliphatic carbocycles. The minimum atomic E-state index is 0.202. The van der Waals surface area contributed by atoms with Crippen LogP contribution in [0.2, 0.25) is 0 Å². The van der Waals surface area contributed by atoms with E-state index < -0.39 is 0 Å². The van der Waals surface area contributed by atoms with Gasteiger partial charge in [0, 0.05) is 31.5 Å². The SMILES string of the molecule is CC(C)N=C(N)Nc1ccc(N(C)C)cc1. The van der Waals surface area contributed by atoms with Crippen LogP contribution >= 0.6 is 0 Å². The van der Waals surface area contributed by atoms with E-state index in [1.165, 1.54) is 0 Å². The lowest BCUT2D eigenvalue weighted by Gasteiger charge is -2.13. The lowest BCUT2D eigenvalue weighted by Crippen LogP contribution is -2.23. The number of nitrogens with two attached hydrogens (primary N) is 1. The normalized spacial score (nSPS) is 11.7. The second kappa shape index (κ2) is 5.39. The van der Waals surface area contributed by atoms with Crippen LogP contribution in [0.25, 0.3) is 0 Å². The second-order valence-electron chi connectivity index (χ2n) is 4.17. The van der Waals surface area contributed by atoms with Crippen LogP contribution < -0.4 is 16.0 Å². The standard InChI is InChI=1S/C12H20N4/c1-9(2)14-12(13)15-10-5-7-11(8-6-10)16(3)4/h5-9H,1-4H3,(H3,13,14,15). The average Bonchev–Trinajstić information content (AvgIpc) is 2.16. The summed E-state index contributed by atoms with van der Waals surface area (Å²) < 4.78 is 0. The molecule has 0 saturated heterocycles. The first-order valence-electron chi connectivity index (χ1n) is 5.36. The Balaban J connectivity index is 2.69. The molecule has 1 aromatic rings. The Morgan fingerprint density at radius 2 is 1.81 bits per heavy atom. The zero-order chi connectivity index (χ0) is 12.1. The smallest absolute Gasteiger partial charge is 0.193 e. The van der Waals surface area contributed by atoms with E-state index in [4.69, 9.17) is 5.73 Å². The van der Waals surface area contributed by atoms with Gasteiger partial charge in [-0.1, -0.05) is 0 Å². The molecule has 0 amide bonds. The molecule has 16 heavy (non-hydrogen) atoms. The molecule has 0 aromatic heterocycles. The highest BCUT2D eigenvalue weighted by molar-refractivity contribution is 5.92. The number of nitrogens with zero attached hydrogens (tertiary/aromatic N) is 2. The molecule has 88 valence electrons. The summed E-state index contributed by atoms with van der Waals surface area (Å²) in [5, 5.41) is 3.05. The van der Waals surface area contributed by atoms with Gasteiger partial charge in [0.15, 0.2) is 5.96 Å². The largest absolute Gasteiger partial charge is 0.378 e. The number of hydrogen-bond acceptors (Lipinski definition) is 2. The average molecular weight is 220 g/mol. The summed E-state index contributed by atoms with van der Waals surface area (Å²) in [6, 6.07) is 8.24. The van der Waals surface area contributed by atoms with Crippen molar-refractivity contribution in [2.24, 2.45) is 10.7 Å². The van der Waals surface area contributed by atoms with Gasteiger partial charge in [-0.3, -0.25) is 4.99 Å². The molecule has 0 atom stereocenters. The van der Waals surface area contributed by atoms with Crippen LogP contribution in [0.15, 0.2) is 29.3 Å². The number of anilines is 2. The van der Waals surface area contributed by atoms with Crippen LogP contribution in [0.1, 0.15) is 13.8 Å². The van der Waals surface area contributed by atoms with Gasteiger partial charge in [0.05, 0.1) is 0 Å². The summed E-state index contributed by atoms with van der Waals surface area (Å²) in [5.41, 5.74) is 7.84. The summed E-state index contributed by atoms with van der Waals surface area (Å²) in [6.07, 6.45) is 0. The van der Waals surface area contributed by atoms with Crippen LogP contribution in [-0.2, 0) is 0 Å². The zero-order valence-corrected chi connectivity index (χ0v) is 10.4. The highest BCUT2D eigenvalue weighted by Crippen LogP contribution is 2.15. The Bertz CT molecular complexity index is 352. The number of guanidine groups is 1. The Morgan fingerprint density at radius 3 is 2.25 bits per heavy atom. The van der Waals surface area contributed by atoms with E-state index in [1.807, 2.05) is 52.2 Å². The first-order chi connectivity index (χ1) is 7.49. The fraction of sp³-hybridized carbons (Fsp3) is 0.417. The minimum absolute atomic E-state index is 0.202. The van der Waals surface area contributed by atoms with E-state index in [9.17, 15) is 0 Å². The Labute approximate surface area is 97.2 Å². The van der Waals surface area contributed by atoms with E-state index in [0.717, 1.165) is 11.4 Å². The van der Waals surface area contributed by atoms with Gasteiger partial charge in [0.25, 0.3) is 0 Å². The van der Waals surface area contributed by atoms with Crippen molar-refractivity contribution in [1.82, 2.24) is 0 Å². The number of hydrogen-bond donors (Lipinski definition) is 2. The van der Waals surface area contributed by atoms with E-state index in [2.05, 4.69) is 15.2 Å². The summed E-state index contributed by atoms with van der Waals surface area (Å²) in [6.45, 7) is 3.98. The lowest BCUT2D eigenvalue weighted by molar-refractivity contribution is 0.833. The van der Waals surface area contributed by atoms with Gasteiger partial charge in [-0.15, -0.1) is 0 Å². The maximum Gasteiger partial charge on any atom is 0.193 e. The van der Waals surface area contributed by atoms with Crippen molar-refractivity contribution in [2.45, 2.75) is 19.9 Å². The molecule has 1 aromatic carbocycles. The van der Waals surface area contributed by atoms with Gasteiger partial charge in [-0.05, 0) is 38.1 Å². The molecule has 4 heteroatoms. The number of nitrogens with one attached hydrogen (secondary N) is 1. The molecular weight excluding hydrogens is 200 g/mol. The van der Waals surface area contributed by atoms with Crippen molar-refractivity contribution in [3.8, 4) is 0 Å². The van der Waals surface area contributed by atoms with Gasteiger partial charge in [0.1, 0.15) is 0 Å². The molecule has 0 aliphatic rings. The predicted molar refractivity (Wildman–Crippen MR) is 71.2 cm³/mol. The van der Waals surface area contributed by atoms with Crippen LogP contribution in [0.4, 0.5) is 11.4 Å². The van der Waals surface area contributed by atoms with E-state index >= 15 is 0 Å². The number of rotatable bonds is 3. The summed E-state index contributed by atoms with van der Waals surface area (Å²) in [4.78, 5) is 6.25. The molecule has 0 spiro atoms. The molecule has 3 N–H and O–H groups in total. The third kappa shape index (κ3) is 3.81. The molecule has 0 heterocycles. The fourth-order valence-corrected chi connectivity index (χ4v) is 1.30. The van der Waals surface area contributed by atoms with Crippen LogP contribution in [0.3, 0.4) is 0 Å². The Morgan fingerprint density at radius 1 is 1.25 bits per heavy atom. The molecule has 0 radical (unpaired) electrons. The summed E-state index contributed by atoms with van der Waals surface area (Å²) >= 11 is 0. The lowest BCUT2D eigenvalue weighted by atomic mass is 10.2. The third-order valence-corrected chi connectivity index (χ3v) is 2.05. The second-order valence-corrected chi connectivity index (χ2v) is 4.17. The fourth-order valence-electron chi connectivity index (χ4n) is 1.30. The van der Waals surface area contributed by atoms with Crippen molar-refractivity contribution >= 4 is 17.3 Å². The Hall–Kier alpha value is -1.71.